The second kappa shape index (κ2) is 4.68. The van der Waals surface area contributed by atoms with Crippen molar-refractivity contribution in [1.29, 1.82) is 0 Å². The van der Waals surface area contributed by atoms with Crippen molar-refractivity contribution in [3.8, 4) is 0 Å². The Hall–Kier alpha value is -0.720. The number of nitrogens with zero attached hydrogens (tertiary/aromatic N) is 1. The Balaban J connectivity index is 2.67. The minimum atomic E-state index is -3.37. The molecule has 76 valence electrons. The first-order valence-electron chi connectivity index (χ1n) is 3.77. The average molecular weight is 277 g/mol. The van der Waals surface area contributed by atoms with E-state index in [1.54, 1.807) is 18.2 Å². The van der Waals surface area contributed by atoms with Gasteiger partial charge < -0.3 is 0 Å². The molecule has 0 atom stereocenters. The van der Waals surface area contributed by atoms with Crippen molar-refractivity contribution in [2.45, 2.75) is 6.54 Å². The first kappa shape index (κ1) is 11.4. The normalized spacial score (nSPS) is 11.2. The third-order valence-electron chi connectivity index (χ3n) is 1.45. The lowest BCUT2D eigenvalue weighted by atomic mass is 10.4. The van der Waals surface area contributed by atoms with Gasteiger partial charge in [0.1, 0.15) is 4.60 Å². The van der Waals surface area contributed by atoms with E-state index in [-0.39, 0.29) is 6.54 Å². The van der Waals surface area contributed by atoms with E-state index in [0.717, 1.165) is 5.41 Å². The first-order valence-corrected chi connectivity index (χ1v) is 6.11. The summed E-state index contributed by atoms with van der Waals surface area (Å²) in [6.45, 7) is 3.34. The van der Waals surface area contributed by atoms with E-state index in [1.807, 2.05) is 0 Å². The molecule has 4 nitrogen and oxygen atoms in total. The predicted molar refractivity (Wildman–Crippen MR) is 57.9 cm³/mol. The van der Waals surface area contributed by atoms with Crippen LogP contribution < -0.4 is 4.72 Å². The molecule has 0 aliphatic rings. The van der Waals surface area contributed by atoms with Gasteiger partial charge in [0, 0.05) is 5.41 Å². The summed E-state index contributed by atoms with van der Waals surface area (Å²) in [7, 11) is -3.37. The van der Waals surface area contributed by atoms with Crippen molar-refractivity contribution < 1.29 is 8.42 Å². The lowest BCUT2D eigenvalue weighted by Crippen LogP contribution is -2.20. The molecule has 0 saturated heterocycles. The second-order valence-electron chi connectivity index (χ2n) is 2.48. The Morgan fingerprint density at radius 1 is 1.57 bits per heavy atom. The fraction of sp³-hybridized carbons (Fsp3) is 0.125. The molecule has 14 heavy (non-hydrogen) atoms. The van der Waals surface area contributed by atoms with Gasteiger partial charge in [0.05, 0.1) is 12.2 Å². The standard InChI is InChI=1S/C8H9BrN2O2S/c1-2-14(12,13)10-6-7-4-3-5-8(9)11-7/h2-5,10H,1,6H2. The number of hydrogen-bond donors (Lipinski definition) is 1. The molecule has 6 heteroatoms. The Kier molecular flexibility index (Phi) is 3.79. The predicted octanol–water partition coefficient (Wildman–Crippen LogP) is 1.41. The van der Waals surface area contributed by atoms with Crippen LogP contribution in [0.5, 0.6) is 0 Å². The Bertz CT molecular complexity index is 431. The molecule has 1 aromatic rings. The summed E-state index contributed by atoms with van der Waals surface area (Å²) in [6.07, 6.45) is 0. The number of rotatable bonds is 4. The molecule has 0 aliphatic heterocycles. The average Bonchev–Trinajstić information content (AvgIpc) is 2.15. The van der Waals surface area contributed by atoms with Crippen molar-refractivity contribution in [3.05, 3.63) is 40.5 Å². The molecule has 0 fully saturated rings. The fourth-order valence-corrected chi connectivity index (χ4v) is 1.63. The van der Waals surface area contributed by atoms with E-state index >= 15 is 0 Å². The molecule has 0 radical (unpaired) electrons. The lowest BCUT2D eigenvalue weighted by molar-refractivity contribution is 0.590. The van der Waals surface area contributed by atoms with Crippen molar-refractivity contribution in [1.82, 2.24) is 9.71 Å². The quantitative estimate of drug-likeness (QED) is 0.846. The monoisotopic (exact) mass is 276 g/mol. The maximum Gasteiger partial charge on any atom is 0.233 e. The zero-order chi connectivity index (χ0) is 10.6. The highest BCUT2D eigenvalue weighted by Gasteiger charge is 2.03. The highest BCUT2D eigenvalue weighted by Crippen LogP contribution is 2.06. The van der Waals surface area contributed by atoms with Gasteiger partial charge in [-0.3, -0.25) is 0 Å². The molecule has 0 bridgehead atoms. The van der Waals surface area contributed by atoms with Crippen LogP contribution in [0.1, 0.15) is 5.69 Å². The van der Waals surface area contributed by atoms with Gasteiger partial charge in [-0.1, -0.05) is 12.6 Å². The van der Waals surface area contributed by atoms with Crippen LogP contribution in [-0.2, 0) is 16.6 Å². The number of pyridine rings is 1. The van der Waals surface area contributed by atoms with Crippen LogP contribution in [0.4, 0.5) is 0 Å². The van der Waals surface area contributed by atoms with Gasteiger partial charge in [-0.15, -0.1) is 0 Å². The molecule has 1 heterocycles. The number of sulfonamides is 1. The number of aromatic nitrogens is 1. The molecule has 1 rings (SSSR count). The summed E-state index contributed by atoms with van der Waals surface area (Å²) in [4.78, 5) is 4.07. The topological polar surface area (TPSA) is 59.1 Å². The highest BCUT2D eigenvalue weighted by atomic mass is 79.9. The van der Waals surface area contributed by atoms with E-state index in [9.17, 15) is 8.42 Å². The Morgan fingerprint density at radius 2 is 2.29 bits per heavy atom. The van der Waals surface area contributed by atoms with Gasteiger partial charge in [0.25, 0.3) is 0 Å². The SMILES string of the molecule is C=CS(=O)(=O)NCc1cccc(Br)n1. The lowest BCUT2D eigenvalue weighted by Gasteiger charge is -2.01. The second-order valence-corrected chi connectivity index (χ2v) is 5.01. The van der Waals surface area contributed by atoms with E-state index < -0.39 is 10.0 Å². The van der Waals surface area contributed by atoms with Gasteiger partial charge in [-0.05, 0) is 28.1 Å². The third kappa shape index (κ3) is 3.57. The van der Waals surface area contributed by atoms with Crippen LogP contribution in [0, 0.1) is 0 Å². The minimum Gasteiger partial charge on any atom is -0.245 e. The van der Waals surface area contributed by atoms with Crippen molar-refractivity contribution in [2.75, 3.05) is 0 Å². The van der Waals surface area contributed by atoms with Gasteiger partial charge >= 0.3 is 0 Å². The smallest absolute Gasteiger partial charge is 0.233 e. The van der Waals surface area contributed by atoms with Gasteiger partial charge in [0.15, 0.2) is 0 Å². The van der Waals surface area contributed by atoms with E-state index in [2.05, 4.69) is 32.2 Å². The van der Waals surface area contributed by atoms with Crippen molar-refractivity contribution in [3.63, 3.8) is 0 Å². The summed E-state index contributed by atoms with van der Waals surface area (Å²) < 4.78 is 25.0. The van der Waals surface area contributed by atoms with Crippen LogP contribution in [0.3, 0.4) is 0 Å². The molecule has 0 unspecified atom stereocenters. The van der Waals surface area contributed by atoms with Crippen LogP contribution >= 0.6 is 15.9 Å². The Morgan fingerprint density at radius 3 is 2.86 bits per heavy atom. The van der Waals surface area contributed by atoms with Crippen LogP contribution in [-0.4, -0.2) is 13.4 Å². The maximum atomic E-state index is 11.0. The van der Waals surface area contributed by atoms with E-state index in [1.165, 1.54) is 0 Å². The molecule has 1 N–H and O–H groups in total. The van der Waals surface area contributed by atoms with Crippen LogP contribution in [0.2, 0.25) is 0 Å². The maximum absolute atomic E-state index is 11.0. The molecular weight excluding hydrogens is 268 g/mol. The number of hydrogen-bond acceptors (Lipinski definition) is 3. The molecular formula is C8H9BrN2O2S. The van der Waals surface area contributed by atoms with E-state index in [0.29, 0.717) is 10.3 Å². The van der Waals surface area contributed by atoms with E-state index in [4.69, 9.17) is 0 Å². The zero-order valence-electron chi connectivity index (χ0n) is 7.27. The summed E-state index contributed by atoms with van der Waals surface area (Å²) in [5, 5.41) is 0.866. The summed E-state index contributed by atoms with van der Waals surface area (Å²) >= 11 is 3.19. The van der Waals surface area contributed by atoms with Gasteiger partial charge in [0.2, 0.25) is 10.0 Å². The van der Waals surface area contributed by atoms with Crippen molar-refractivity contribution >= 4 is 26.0 Å². The number of halogens is 1. The summed E-state index contributed by atoms with van der Waals surface area (Å²) in [6, 6.07) is 5.29. The number of nitrogens with one attached hydrogen (secondary N) is 1. The molecule has 1 aromatic heterocycles. The molecule has 0 spiro atoms. The van der Waals surface area contributed by atoms with Gasteiger partial charge in [-0.25, -0.2) is 18.1 Å². The zero-order valence-corrected chi connectivity index (χ0v) is 9.68. The van der Waals surface area contributed by atoms with Crippen molar-refractivity contribution in [2.24, 2.45) is 0 Å². The molecule has 0 saturated carbocycles. The molecule has 0 aliphatic carbocycles. The largest absolute Gasteiger partial charge is 0.245 e. The third-order valence-corrected chi connectivity index (χ3v) is 2.87. The molecule has 0 aromatic carbocycles. The van der Waals surface area contributed by atoms with Gasteiger partial charge in [-0.2, -0.15) is 0 Å². The highest BCUT2D eigenvalue weighted by molar-refractivity contribution is 9.10. The van der Waals surface area contributed by atoms with Crippen LogP contribution in [0.15, 0.2) is 34.8 Å². The fourth-order valence-electron chi connectivity index (χ4n) is 0.782. The van der Waals surface area contributed by atoms with Crippen LogP contribution in [0.25, 0.3) is 0 Å². The summed E-state index contributed by atoms with van der Waals surface area (Å²) in [5.41, 5.74) is 0.643. The molecule has 0 amide bonds. The Labute approximate surface area is 91.2 Å². The summed E-state index contributed by atoms with van der Waals surface area (Å²) in [5.74, 6) is 0. The minimum absolute atomic E-state index is 0.161. The first-order chi connectivity index (χ1) is 6.53.